The monoisotopic (exact) mass is 301 g/mol. The molecule has 0 spiro atoms. The zero-order valence-corrected chi connectivity index (χ0v) is 12.1. The molecule has 0 radical (unpaired) electrons. The van der Waals surface area contributed by atoms with E-state index in [9.17, 15) is 13.6 Å². The molecule has 5 heteroatoms. The first kappa shape index (κ1) is 15.2. The largest absolute Gasteiger partial charge is 0.345 e. The van der Waals surface area contributed by atoms with Gasteiger partial charge in [0, 0.05) is 11.4 Å². The summed E-state index contributed by atoms with van der Waals surface area (Å²) in [6.45, 7) is 2.13. The van der Waals surface area contributed by atoms with Crippen LogP contribution in [0.5, 0.6) is 0 Å². The maximum atomic E-state index is 13.2. The Labute approximate surface area is 122 Å². The second-order valence-electron chi connectivity index (χ2n) is 5.70. The van der Waals surface area contributed by atoms with Crippen molar-refractivity contribution in [3.8, 4) is 0 Å². The summed E-state index contributed by atoms with van der Waals surface area (Å²) < 4.78 is 26.1. The number of hydrogen-bond acceptors (Lipinski definition) is 1. The van der Waals surface area contributed by atoms with E-state index in [0.717, 1.165) is 37.8 Å². The van der Waals surface area contributed by atoms with Gasteiger partial charge in [0.25, 0.3) is 5.91 Å². The minimum Gasteiger partial charge on any atom is -0.345 e. The maximum Gasteiger partial charge on any atom is 0.251 e. The molecule has 2 unspecified atom stereocenters. The van der Waals surface area contributed by atoms with Crippen LogP contribution in [-0.4, -0.2) is 17.3 Å². The quantitative estimate of drug-likeness (QED) is 0.843. The Balaban J connectivity index is 2.14. The highest BCUT2D eigenvalue weighted by Crippen LogP contribution is 2.33. The third-order valence-corrected chi connectivity index (χ3v) is 4.42. The normalized spacial score (nSPS) is 26.3. The van der Waals surface area contributed by atoms with Crippen molar-refractivity contribution in [2.75, 3.05) is 5.88 Å². The lowest BCUT2D eigenvalue weighted by Gasteiger charge is -2.39. The Bertz CT molecular complexity index is 509. The number of carbonyl (C=O) groups is 1. The number of hydrogen-bond donors (Lipinski definition) is 1. The molecule has 20 heavy (non-hydrogen) atoms. The van der Waals surface area contributed by atoms with Crippen LogP contribution in [0.3, 0.4) is 0 Å². The molecule has 1 aliphatic rings. The van der Waals surface area contributed by atoms with Gasteiger partial charge in [0.1, 0.15) is 0 Å². The standard InChI is InChI=1S/C15H18ClF2NO/c1-10-3-2-6-15(8-10,9-16)19-14(20)11-4-5-12(17)13(18)7-11/h4-5,7,10H,2-3,6,8-9H2,1H3,(H,19,20). The van der Waals surface area contributed by atoms with Gasteiger partial charge >= 0.3 is 0 Å². The van der Waals surface area contributed by atoms with Gasteiger partial charge in [-0.15, -0.1) is 11.6 Å². The third kappa shape index (κ3) is 3.29. The molecule has 1 fully saturated rings. The minimum atomic E-state index is -1.02. The second-order valence-corrected chi connectivity index (χ2v) is 5.97. The molecular formula is C15H18ClF2NO. The van der Waals surface area contributed by atoms with Crippen molar-refractivity contribution in [2.24, 2.45) is 5.92 Å². The van der Waals surface area contributed by atoms with E-state index >= 15 is 0 Å². The molecule has 2 rings (SSSR count). The highest BCUT2D eigenvalue weighted by molar-refractivity contribution is 6.19. The van der Waals surface area contributed by atoms with Crippen LogP contribution in [0.25, 0.3) is 0 Å². The minimum absolute atomic E-state index is 0.117. The molecule has 2 atom stereocenters. The molecular weight excluding hydrogens is 284 g/mol. The highest BCUT2D eigenvalue weighted by Gasteiger charge is 2.35. The number of alkyl halides is 1. The van der Waals surface area contributed by atoms with Crippen LogP contribution < -0.4 is 5.32 Å². The summed E-state index contributed by atoms with van der Waals surface area (Å²) in [5, 5.41) is 2.92. The molecule has 0 heterocycles. The first-order valence-electron chi connectivity index (χ1n) is 6.79. The molecule has 1 aromatic rings. The average Bonchev–Trinajstić information content (AvgIpc) is 2.41. The molecule has 0 saturated heterocycles. The molecule has 0 bridgehead atoms. The summed E-state index contributed by atoms with van der Waals surface area (Å²) in [4.78, 5) is 12.2. The van der Waals surface area contributed by atoms with Crippen LogP contribution >= 0.6 is 11.6 Å². The van der Waals surface area contributed by atoms with Crippen molar-refractivity contribution >= 4 is 17.5 Å². The predicted molar refractivity (Wildman–Crippen MR) is 74.9 cm³/mol. The smallest absolute Gasteiger partial charge is 0.251 e. The van der Waals surface area contributed by atoms with Crippen molar-refractivity contribution in [3.05, 3.63) is 35.4 Å². The van der Waals surface area contributed by atoms with Gasteiger partial charge in [0.2, 0.25) is 0 Å². The first-order valence-corrected chi connectivity index (χ1v) is 7.33. The van der Waals surface area contributed by atoms with Crippen LogP contribution in [0.1, 0.15) is 43.0 Å². The Kier molecular flexibility index (Phi) is 4.63. The van der Waals surface area contributed by atoms with Crippen LogP contribution in [0.4, 0.5) is 8.78 Å². The number of rotatable bonds is 3. The summed E-state index contributed by atoms with van der Waals surface area (Å²) in [7, 11) is 0. The molecule has 110 valence electrons. The van der Waals surface area contributed by atoms with E-state index in [-0.39, 0.29) is 5.56 Å². The van der Waals surface area contributed by atoms with Gasteiger partial charge in [-0.1, -0.05) is 19.8 Å². The summed E-state index contributed by atoms with van der Waals surface area (Å²) >= 11 is 6.04. The number of carbonyl (C=O) groups excluding carboxylic acids is 1. The zero-order chi connectivity index (χ0) is 14.8. The Morgan fingerprint density at radius 1 is 1.45 bits per heavy atom. The van der Waals surface area contributed by atoms with Gasteiger partial charge in [-0.05, 0) is 37.0 Å². The second kappa shape index (κ2) is 6.08. The van der Waals surface area contributed by atoms with Crippen LogP contribution in [0.2, 0.25) is 0 Å². The van der Waals surface area contributed by atoms with Crippen molar-refractivity contribution < 1.29 is 13.6 Å². The molecule has 0 aliphatic heterocycles. The van der Waals surface area contributed by atoms with Gasteiger partial charge in [0.05, 0.1) is 5.54 Å². The van der Waals surface area contributed by atoms with E-state index in [4.69, 9.17) is 11.6 Å². The van der Waals surface area contributed by atoms with E-state index in [0.29, 0.717) is 11.8 Å². The lowest BCUT2D eigenvalue weighted by Crippen LogP contribution is -2.52. The fourth-order valence-electron chi connectivity index (χ4n) is 2.88. The lowest BCUT2D eigenvalue weighted by atomic mass is 9.77. The molecule has 1 N–H and O–H groups in total. The van der Waals surface area contributed by atoms with Gasteiger partial charge < -0.3 is 5.32 Å². The Morgan fingerprint density at radius 2 is 2.20 bits per heavy atom. The van der Waals surface area contributed by atoms with Crippen molar-refractivity contribution in [2.45, 2.75) is 38.1 Å². The Morgan fingerprint density at radius 3 is 2.80 bits per heavy atom. The summed E-state index contributed by atoms with van der Waals surface area (Å²) in [5.41, 5.74) is -0.326. The molecule has 1 saturated carbocycles. The predicted octanol–water partition coefficient (Wildman–Crippen LogP) is 3.88. The SMILES string of the molecule is CC1CCCC(CCl)(NC(=O)c2ccc(F)c(F)c2)C1. The number of amides is 1. The topological polar surface area (TPSA) is 29.1 Å². The van der Waals surface area contributed by atoms with Crippen LogP contribution in [0, 0.1) is 17.6 Å². The van der Waals surface area contributed by atoms with Crippen molar-refractivity contribution in [1.29, 1.82) is 0 Å². The maximum absolute atomic E-state index is 13.2. The highest BCUT2D eigenvalue weighted by atomic mass is 35.5. The number of nitrogens with one attached hydrogen (secondary N) is 1. The van der Waals surface area contributed by atoms with Crippen molar-refractivity contribution in [1.82, 2.24) is 5.32 Å². The van der Waals surface area contributed by atoms with E-state index in [1.54, 1.807) is 0 Å². The van der Waals surface area contributed by atoms with Crippen LogP contribution in [-0.2, 0) is 0 Å². The zero-order valence-electron chi connectivity index (χ0n) is 11.4. The van der Waals surface area contributed by atoms with Gasteiger partial charge in [-0.25, -0.2) is 8.78 Å². The molecule has 0 aromatic heterocycles. The average molecular weight is 302 g/mol. The third-order valence-electron chi connectivity index (χ3n) is 3.91. The number of benzene rings is 1. The first-order chi connectivity index (χ1) is 9.46. The summed E-state index contributed by atoms with van der Waals surface area (Å²) in [5.74, 6) is -1.56. The summed E-state index contributed by atoms with van der Waals surface area (Å²) in [6, 6.07) is 3.15. The van der Waals surface area contributed by atoms with Crippen LogP contribution in [0.15, 0.2) is 18.2 Å². The fourth-order valence-corrected chi connectivity index (χ4v) is 3.19. The van der Waals surface area contributed by atoms with E-state index in [1.165, 1.54) is 6.07 Å². The number of halogens is 3. The van der Waals surface area contributed by atoms with E-state index in [2.05, 4.69) is 12.2 Å². The molecule has 2 nitrogen and oxygen atoms in total. The molecule has 1 aromatic carbocycles. The van der Waals surface area contributed by atoms with E-state index < -0.39 is 23.1 Å². The Hall–Kier alpha value is -1.16. The lowest BCUT2D eigenvalue weighted by molar-refractivity contribution is 0.0866. The molecule has 1 amide bonds. The van der Waals surface area contributed by atoms with Crippen molar-refractivity contribution in [3.63, 3.8) is 0 Å². The fraction of sp³-hybridized carbons (Fsp3) is 0.533. The summed E-state index contributed by atoms with van der Waals surface area (Å²) in [6.07, 6.45) is 3.76. The van der Waals surface area contributed by atoms with Gasteiger partial charge in [-0.3, -0.25) is 4.79 Å². The van der Waals surface area contributed by atoms with Gasteiger partial charge in [-0.2, -0.15) is 0 Å². The molecule has 1 aliphatic carbocycles. The van der Waals surface area contributed by atoms with E-state index in [1.807, 2.05) is 0 Å². The van der Waals surface area contributed by atoms with Gasteiger partial charge in [0.15, 0.2) is 11.6 Å².